The summed E-state index contributed by atoms with van der Waals surface area (Å²) in [7, 11) is 0. The van der Waals surface area contributed by atoms with E-state index in [1.165, 1.54) is 11.6 Å². The lowest BCUT2D eigenvalue weighted by Gasteiger charge is -2.14. The highest BCUT2D eigenvalue weighted by atomic mass is 35.5. The number of pyridine rings is 1. The molecule has 1 aromatic heterocycles. The maximum absolute atomic E-state index is 13.9. The van der Waals surface area contributed by atoms with Gasteiger partial charge in [-0.15, -0.1) is 0 Å². The standard InChI is InChI=1S/C22H22ClFN2O2/c1-2-27-22-12-17(14-26-13-16-8-10-25-11-9-16)6-7-21(22)28-15-18-19(23)4-3-5-20(18)24/h3-12,26H,2,13-15H2,1H3. The summed E-state index contributed by atoms with van der Waals surface area (Å²) >= 11 is 6.07. The SMILES string of the molecule is CCOc1cc(CNCc2ccncc2)ccc1OCc1c(F)cccc1Cl. The van der Waals surface area contributed by atoms with Gasteiger partial charge in [0.25, 0.3) is 0 Å². The molecular weight excluding hydrogens is 379 g/mol. The molecule has 6 heteroatoms. The van der Waals surface area contributed by atoms with Crippen LogP contribution in [0.1, 0.15) is 23.6 Å². The Morgan fingerprint density at radius 2 is 1.75 bits per heavy atom. The zero-order valence-corrected chi connectivity index (χ0v) is 16.4. The lowest BCUT2D eigenvalue weighted by atomic mass is 10.2. The van der Waals surface area contributed by atoms with Gasteiger partial charge in [-0.1, -0.05) is 23.7 Å². The molecule has 2 aromatic carbocycles. The number of nitrogens with one attached hydrogen (secondary N) is 1. The quantitative estimate of drug-likeness (QED) is 0.540. The van der Waals surface area contributed by atoms with Crippen LogP contribution in [0.15, 0.2) is 60.9 Å². The zero-order chi connectivity index (χ0) is 19.8. The van der Waals surface area contributed by atoms with Crippen LogP contribution in [0.3, 0.4) is 0 Å². The van der Waals surface area contributed by atoms with Crippen LogP contribution in [0.4, 0.5) is 4.39 Å². The largest absolute Gasteiger partial charge is 0.490 e. The van der Waals surface area contributed by atoms with E-state index in [9.17, 15) is 4.39 Å². The van der Waals surface area contributed by atoms with E-state index in [1.54, 1.807) is 24.5 Å². The third kappa shape index (κ3) is 5.44. The third-order valence-corrected chi connectivity index (χ3v) is 4.50. The molecule has 0 unspecified atom stereocenters. The minimum Gasteiger partial charge on any atom is -0.490 e. The first kappa shape index (κ1) is 20.1. The fourth-order valence-corrected chi connectivity index (χ4v) is 2.94. The Hall–Kier alpha value is -2.63. The van der Waals surface area contributed by atoms with Crippen molar-refractivity contribution in [1.82, 2.24) is 10.3 Å². The molecule has 0 aliphatic carbocycles. The van der Waals surface area contributed by atoms with Gasteiger partial charge in [-0.25, -0.2) is 4.39 Å². The average molecular weight is 401 g/mol. The van der Waals surface area contributed by atoms with Crippen molar-refractivity contribution in [2.75, 3.05) is 6.61 Å². The second-order valence-corrected chi connectivity index (χ2v) is 6.57. The first-order valence-electron chi connectivity index (χ1n) is 9.08. The van der Waals surface area contributed by atoms with Crippen molar-refractivity contribution in [3.63, 3.8) is 0 Å². The lowest BCUT2D eigenvalue weighted by Crippen LogP contribution is -2.13. The van der Waals surface area contributed by atoms with Crippen LogP contribution in [0.5, 0.6) is 11.5 Å². The van der Waals surface area contributed by atoms with Gasteiger partial charge < -0.3 is 14.8 Å². The van der Waals surface area contributed by atoms with E-state index < -0.39 is 0 Å². The molecule has 0 spiro atoms. The molecule has 1 heterocycles. The minimum atomic E-state index is -0.387. The molecule has 0 atom stereocenters. The minimum absolute atomic E-state index is 0.0330. The van der Waals surface area contributed by atoms with E-state index in [4.69, 9.17) is 21.1 Å². The number of halogens is 2. The van der Waals surface area contributed by atoms with E-state index in [-0.39, 0.29) is 12.4 Å². The zero-order valence-electron chi connectivity index (χ0n) is 15.6. The predicted octanol–water partition coefficient (Wildman–Crippen LogP) is 5.14. The number of benzene rings is 2. The smallest absolute Gasteiger partial charge is 0.161 e. The van der Waals surface area contributed by atoms with Gasteiger partial charge in [-0.2, -0.15) is 0 Å². The molecule has 0 amide bonds. The van der Waals surface area contributed by atoms with Gasteiger partial charge in [-0.3, -0.25) is 4.98 Å². The number of ether oxygens (including phenoxy) is 2. The molecule has 0 fully saturated rings. The Balaban J connectivity index is 1.65. The second-order valence-electron chi connectivity index (χ2n) is 6.16. The summed E-state index contributed by atoms with van der Waals surface area (Å²) in [6.07, 6.45) is 3.55. The van der Waals surface area contributed by atoms with E-state index in [1.807, 2.05) is 37.3 Å². The molecule has 0 aliphatic rings. The number of aromatic nitrogens is 1. The van der Waals surface area contributed by atoms with Crippen LogP contribution in [0.2, 0.25) is 5.02 Å². The molecule has 0 saturated heterocycles. The van der Waals surface area contributed by atoms with Gasteiger partial charge >= 0.3 is 0 Å². The fourth-order valence-electron chi connectivity index (χ4n) is 2.72. The molecule has 1 N–H and O–H groups in total. The van der Waals surface area contributed by atoms with Crippen molar-refractivity contribution >= 4 is 11.6 Å². The van der Waals surface area contributed by atoms with Crippen molar-refractivity contribution in [2.24, 2.45) is 0 Å². The Labute approximate surface area is 169 Å². The normalized spacial score (nSPS) is 10.7. The number of nitrogens with zero attached hydrogens (tertiary/aromatic N) is 1. The highest BCUT2D eigenvalue weighted by Gasteiger charge is 2.11. The molecule has 3 rings (SSSR count). The fraction of sp³-hybridized carbons (Fsp3) is 0.227. The predicted molar refractivity (Wildman–Crippen MR) is 108 cm³/mol. The van der Waals surface area contributed by atoms with E-state index in [2.05, 4.69) is 10.3 Å². The van der Waals surface area contributed by atoms with Crippen LogP contribution in [-0.4, -0.2) is 11.6 Å². The molecule has 146 valence electrons. The van der Waals surface area contributed by atoms with Crippen LogP contribution in [-0.2, 0) is 19.7 Å². The van der Waals surface area contributed by atoms with Crippen molar-refractivity contribution in [3.05, 3.63) is 88.5 Å². The van der Waals surface area contributed by atoms with Crippen LogP contribution in [0, 0.1) is 5.82 Å². The van der Waals surface area contributed by atoms with E-state index in [0.29, 0.717) is 35.2 Å². The van der Waals surface area contributed by atoms with Gasteiger partial charge in [0.15, 0.2) is 11.5 Å². The molecule has 0 radical (unpaired) electrons. The van der Waals surface area contributed by atoms with Gasteiger partial charge in [0.1, 0.15) is 12.4 Å². The van der Waals surface area contributed by atoms with Crippen molar-refractivity contribution in [1.29, 1.82) is 0 Å². The van der Waals surface area contributed by atoms with Gasteiger partial charge in [-0.05, 0) is 54.4 Å². The average Bonchev–Trinajstić information content (AvgIpc) is 2.70. The summed E-state index contributed by atoms with van der Waals surface area (Å²) < 4.78 is 25.4. The van der Waals surface area contributed by atoms with E-state index in [0.717, 1.165) is 12.1 Å². The molecule has 3 aromatic rings. The number of hydrogen-bond donors (Lipinski definition) is 1. The maximum atomic E-state index is 13.9. The number of rotatable bonds is 9. The second kappa shape index (κ2) is 10.1. The Bertz CT molecular complexity index is 886. The van der Waals surface area contributed by atoms with Gasteiger partial charge in [0, 0.05) is 31.0 Å². The molecule has 28 heavy (non-hydrogen) atoms. The van der Waals surface area contributed by atoms with Crippen LogP contribution >= 0.6 is 11.6 Å². The molecule has 0 aliphatic heterocycles. The van der Waals surface area contributed by atoms with Crippen molar-refractivity contribution < 1.29 is 13.9 Å². The molecular formula is C22H22ClFN2O2. The molecule has 0 saturated carbocycles. The van der Waals surface area contributed by atoms with Crippen molar-refractivity contribution in [3.8, 4) is 11.5 Å². The van der Waals surface area contributed by atoms with Crippen LogP contribution in [0.25, 0.3) is 0 Å². The van der Waals surface area contributed by atoms with Gasteiger partial charge in [0.05, 0.1) is 11.6 Å². The topological polar surface area (TPSA) is 43.4 Å². The summed E-state index contributed by atoms with van der Waals surface area (Å²) in [5.41, 5.74) is 2.56. The summed E-state index contributed by atoms with van der Waals surface area (Å²) in [5, 5.41) is 3.73. The summed E-state index contributed by atoms with van der Waals surface area (Å²) in [6.45, 7) is 3.88. The first-order chi connectivity index (χ1) is 13.7. The molecule has 4 nitrogen and oxygen atoms in total. The van der Waals surface area contributed by atoms with E-state index >= 15 is 0 Å². The first-order valence-corrected chi connectivity index (χ1v) is 9.46. The lowest BCUT2D eigenvalue weighted by molar-refractivity contribution is 0.265. The highest BCUT2D eigenvalue weighted by molar-refractivity contribution is 6.31. The third-order valence-electron chi connectivity index (χ3n) is 4.15. The summed E-state index contributed by atoms with van der Waals surface area (Å²) in [4.78, 5) is 4.01. The Morgan fingerprint density at radius 1 is 0.964 bits per heavy atom. The number of hydrogen-bond acceptors (Lipinski definition) is 4. The van der Waals surface area contributed by atoms with Gasteiger partial charge in [0.2, 0.25) is 0 Å². The molecule has 0 bridgehead atoms. The monoisotopic (exact) mass is 400 g/mol. The Kier molecular flexibility index (Phi) is 7.23. The highest BCUT2D eigenvalue weighted by Crippen LogP contribution is 2.30. The van der Waals surface area contributed by atoms with Crippen LogP contribution < -0.4 is 14.8 Å². The maximum Gasteiger partial charge on any atom is 0.161 e. The Morgan fingerprint density at radius 3 is 2.50 bits per heavy atom. The summed E-state index contributed by atoms with van der Waals surface area (Å²) in [6, 6.07) is 14.3. The summed E-state index contributed by atoms with van der Waals surface area (Å²) in [5.74, 6) is 0.791. The van der Waals surface area contributed by atoms with Crippen molar-refractivity contribution in [2.45, 2.75) is 26.6 Å².